The van der Waals surface area contributed by atoms with E-state index in [9.17, 15) is 14.4 Å². The maximum Gasteiger partial charge on any atom is 0.407 e. The SMILES string of the molecule is COc1cc2c(cc1-c1cccc(NC(=O)NCCNC(=O)OC(C)(C)C)c1)-c1c(c(C(=O)N3CCOCC3(C)C)nn1-c1cc(Cl)cc(Cl)c1)CO2. The summed E-state index contributed by atoms with van der Waals surface area (Å²) in [5.41, 5.74) is 3.56. The van der Waals surface area contributed by atoms with E-state index in [2.05, 4.69) is 16.0 Å². The molecule has 4 amide bonds. The van der Waals surface area contributed by atoms with Crippen LogP contribution in [0, 0.1) is 0 Å². The van der Waals surface area contributed by atoms with Gasteiger partial charge < -0.3 is 39.8 Å². The molecule has 3 aromatic carbocycles. The Labute approximate surface area is 317 Å². The van der Waals surface area contributed by atoms with Crippen LogP contribution < -0.4 is 25.4 Å². The fourth-order valence-electron chi connectivity index (χ4n) is 6.25. The van der Waals surface area contributed by atoms with Crippen LogP contribution in [0.5, 0.6) is 11.5 Å². The van der Waals surface area contributed by atoms with Gasteiger partial charge in [-0.3, -0.25) is 4.79 Å². The molecule has 6 rings (SSSR count). The molecule has 1 saturated heterocycles. The molecule has 3 heterocycles. The Morgan fingerprint density at radius 2 is 1.72 bits per heavy atom. The lowest BCUT2D eigenvalue weighted by Gasteiger charge is -2.41. The first-order valence-electron chi connectivity index (χ1n) is 17.1. The summed E-state index contributed by atoms with van der Waals surface area (Å²) in [6.45, 7) is 10.9. The van der Waals surface area contributed by atoms with Crippen LogP contribution in [0.25, 0.3) is 28.1 Å². The number of nitrogens with zero attached hydrogens (tertiary/aromatic N) is 3. The van der Waals surface area contributed by atoms with E-state index in [0.29, 0.717) is 75.1 Å². The van der Waals surface area contributed by atoms with Gasteiger partial charge in [0.2, 0.25) is 0 Å². The van der Waals surface area contributed by atoms with Crippen LogP contribution in [0.15, 0.2) is 54.6 Å². The van der Waals surface area contributed by atoms with Crippen molar-refractivity contribution in [2.75, 3.05) is 45.3 Å². The molecule has 2 aliphatic heterocycles. The van der Waals surface area contributed by atoms with Crippen LogP contribution in [0.4, 0.5) is 15.3 Å². The number of morpholine rings is 1. The number of halogens is 2. The first-order chi connectivity index (χ1) is 25.1. The topological polar surface area (TPSA) is 145 Å². The molecule has 13 nitrogen and oxygen atoms in total. The average Bonchev–Trinajstić information content (AvgIpc) is 3.48. The first-order valence-corrected chi connectivity index (χ1v) is 17.8. The largest absolute Gasteiger partial charge is 0.496 e. The molecule has 1 fully saturated rings. The van der Waals surface area contributed by atoms with E-state index in [4.69, 9.17) is 47.2 Å². The van der Waals surface area contributed by atoms with E-state index in [-0.39, 0.29) is 31.3 Å². The lowest BCUT2D eigenvalue weighted by molar-refractivity contribution is -0.0374. The van der Waals surface area contributed by atoms with Gasteiger partial charge in [-0.05, 0) is 76.6 Å². The van der Waals surface area contributed by atoms with Crippen LogP contribution in [-0.4, -0.2) is 83.8 Å². The summed E-state index contributed by atoms with van der Waals surface area (Å²) in [5, 5.41) is 13.9. The molecule has 0 aliphatic carbocycles. The van der Waals surface area contributed by atoms with Crippen molar-refractivity contribution in [3.63, 3.8) is 0 Å². The number of hydrogen-bond acceptors (Lipinski definition) is 8. The maximum atomic E-state index is 14.3. The maximum absolute atomic E-state index is 14.3. The summed E-state index contributed by atoms with van der Waals surface area (Å²) in [4.78, 5) is 40.7. The quantitative estimate of drug-likeness (QED) is 0.159. The van der Waals surface area contributed by atoms with Crippen LogP contribution in [0.3, 0.4) is 0 Å². The van der Waals surface area contributed by atoms with E-state index in [0.717, 1.165) is 5.56 Å². The summed E-state index contributed by atoms with van der Waals surface area (Å²) in [5.74, 6) is 0.830. The Bertz CT molecular complexity index is 2040. The molecule has 53 heavy (non-hydrogen) atoms. The number of rotatable bonds is 8. The molecule has 0 saturated carbocycles. The third-order valence-corrected chi connectivity index (χ3v) is 9.04. The fraction of sp³-hybridized carbons (Fsp3) is 0.368. The smallest absolute Gasteiger partial charge is 0.407 e. The normalized spacial score (nSPS) is 14.7. The minimum Gasteiger partial charge on any atom is -0.496 e. The number of aromatic nitrogens is 2. The summed E-state index contributed by atoms with van der Waals surface area (Å²) in [6, 6.07) is 15.7. The van der Waals surface area contributed by atoms with E-state index < -0.39 is 23.3 Å². The number of benzene rings is 3. The van der Waals surface area contributed by atoms with Crippen molar-refractivity contribution in [1.29, 1.82) is 0 Å². The number of anilines is 1. The molecule has 0 bridgehead atoms. The number of carbonyl (C=O) groups is 3. The van der Waals surface area contributed by atoms with E-state index in [1.165, 1.54) is 0 Å². The van der Waals surface area contributed by atoms with Crippen LogP contribution >= 0.6 is 23.2 Å². The monoisotopic (exact) mass is 764 g/mol. The summed E-state index contributed by atoms with van der Waals surface area (Å²) in [6.07, 6.45) is -0.563. The first kappa shape index (κ1) is 37.8. The van der Waals surface area contributed by atoms with Crippen LogP contribution in [0.1, 0.15) is 50.7 Å². The zero-order chi connectivity index (χ0) is 38.1. The number of nitrogens with one attached hydrogen (secondary N) is 3. The highest BCUT2D eigenvalue weighted by Gasteiger charge is 2.39. The number of fused-ring (bicyclic) bond motifs is 3. The minimum atomic E-state index is -0.621. The molecular formula is C38H42Cl2N6O7. The molecule has 2 aliphatic rings. The van der Waals surface area contributed by atoms with Crippen molar-refractivity contribution in [1.82, 2.24) is 25.3 Å². The number of ether oxygens (including phenoxy) is 4. The molecular weight excluding hydrogens is 723 g/mol. The molecule has 0 radical (unpaired) electrons. The van der Waals surface area contributed by atoms with E-state index >= 15 is 0 Å². The van der Waals surface area contributed by atoms with Crippen molar-refractivity contribution in [3.05, 3.63) is 75.9 Å². The number of carbonyl (C=O) groups excluding carboxylic acids is 3. The molecule has 0 atom stereocenters. The van der Waals surface area contributed by atoms with Gasteiger partial charge in [0.25, 0.3) is 5.91 Å². The van der Waals surface area contributed by atoms with Crippen molar-refractivity contribution < 1.29 is 33.3 Å². The van der Waals surface area contributed by atoms with Gasteiger partial charge in [0.05, 0.1) is 37.2 Å². The van der Waals surface area contributed by atoms with Gasteiger partial charge >= 0.3 is 12.1 Å². The lowest BCUT2D eigenvalue weighted by Crippen LogP contribution is -2.55. The minimum absolute atomic E-state index is 0.0901. The standard InChI is InChI=1S/C38H42Cl2N6O7/c1-37(2,3)53-36(49)42-11-10-41-35(48)43-25-9-7-8-22(14-25)27-18-28-31(19-30(27)50-6)52-20-29-32(34(47)45-12-13-51-21-38(45,4)5)44-46(33(28)29)26-16-23(39)15-24(40)17-26/h7-9,14-19H,10-13,20-21H2,1-6H3,(H,42,49)(H2,41,43,48). The molecule has 15 heteroatoms. The number of methoxy groups -OCH3 is 1. The highest BCUT2D eigenvalue weighted by atomic mass is 35.5. The second-order valence-corrected chi connectivity index (χ2v) is 15.1. The fourth-order valence-corrected chi connectivity index (χ4v) is 6.77. The van der Waals surface area contributed by atoms with Crippen molar-refractivity contribution in [3.8, 4) is 39.6 Å². The molecule has 4 aromatic rings. The van der Waals surface area contributed by atoms with Gasteiger partial charge in [0.1, 0.15) is 23.7 Å². The van der Waals surface area contributed by atoms with Gasteiger partial charge in [-0.2, -0.15) is 5.10 Å². The van der Waals surface area contributed by atoms with Crippen molar-refractivity contribution in [2.45, 2.75) is 52.4 Å². The third-order valence-electron chi connectivity index (χ3n) is 8.61. The Morgan fingerprint density at radius 1 is 0.981 bits per heavy atom. The second kappa shape index (κ2) is 15.2. The van der Waals surface area contributed by atoms with Crippen molar-refractivity contribution in [2.24, 2.45) is 0 Å². The zero-order valence-electron chi connectivity index (χ0n) is 30.4. The zero-order valence-corrected chi connectivity index (χ0v) is 31.9. The van der Waals surface area contributed by atoms with Crippen LogP contribution in [0.2, 0.25) is 10.0 Å². The van der Waals surface area contributed by atoms with Crippen LogP contribution in [-0.2, 0) is 16.1 Å². The van der Waals surface area contributed by atoms with Gasteiger partial charge in [-0.1, -0.05) is 35.3 Å². The molecule has 1 aromatic heterocycles. The summed E-state index contributed by atoms with van der Waals surface area (Å²) >= 11 is 12.9. The molecule has 0 spiro atoms. The number of hydrogen-bond donors (Lipinski definition) is 3. The molecule has 3 N–H and O–H groups in total. The predicted octanol–water partition coefficient (Wildman–Crippen LogP) is 7.31. The van der Waals surface area contributed by atoms with Gasteiger partial charge in [-0.15, -0.1) is 0 Å². The molecule has 0 unspecified atom stereocenters. The summed E-state index contributed by atoms with van der Waals surface area (Å²) < 4.78 is 24.7. The Hall–Kier alpha value is -4.98. The number of alkyl carbamates (subject to hydrolysis) is 1. The third kappa shape index (κ3) is 8.48. The van der Waals surface area contributed by atoms with Gasteiger partial charge in [-0.25, -0.2) is 14.3 Å². The average molecular weight is 766 g/mol. The predicted molar refractivity (Wildman–Crippen MR) is 203 cm³/mol. The van der Waals surface area contributed by atoms with E-state index in [1.807, 2.05) is 38.1 Å². The number of urea groups is 1. The van der Waals surface area contributed by atoms with Gasteiger partial charge in [0.15, 0.2) is 5.69 Å². The highest BCUT2D eigenvalue weighted by molar-refractivity contribution is 6.34. The Balaban J connectivity index is 1.33. The van der Waals surface area contributed by atoms with Gasteiger partial charge in [0, 0.05) is 58.1 Å². The molecule has 280 valence electrons. The highest BCUT2D eigenvalue weighted by Crippen LogP contribution is 2.47. The van der Waals surface area contributed by atoms with Crippen molar-refractivity contribution >= 4 is 46.9 Å². The second-order valence-electron chi connectivity index (χ2n) is 14.3. The summed E-state index contributed by atoms with van der Waals surface area (Å²) in [7, 11) is 1.57. The van der Waals surface area contributed by atoms with E-state index in [1.54, 1.807) is 67.8 Å². The lowest BCUT2D eigenvalue weighted by atomic mass is 9.95. The Morgan fingerprint density at radius 3 is 2.42 bits per heavy atom. The number of amides is 4. The Kier molecular flexibility index (Phi) is 10.8.